The summed E-state index contributed by atoms with van der Waals surface area (Å²) >= 11 is 7.23. The third kappa shape index (κ3) is 6.26. The summed E-state index contributed by atoms with van der Waals surface area (Å²) in [5, 5.41) is 12.8. The lowest BCUT2D eigenvalue weighted by Crippen LogP contribution is -2.15. The van der Waals surface area contributed by atoms with Crippen molar-refractivity contribution in [3.8, 4) is 5.75 Å². The standard InChI is InChI=1S/C24H29ClN4O2S/c1-6-29-22(16(2)31-20-13-7-17(8-14-20)24(3,4)5)27-28-23(29)32-15-21(30)26-19-11-9-18(25)10-12-19/h7-14,16H,6,15H2,1-5H3,(H,26,30). The predicted octanol–water partition coefficient (Wildman–Crippen LogP) is 6.12. The summed E-state index contributed by atoms with van der Waals surface area (Å²) in [4.78, 5) is 12.3. The van der Waals surface area contributed by atoms with Gasteiger partial charge >= 0.3 is 0 Å². The van der Waals surface area contributed by atoms with E-state index in [2.05, 4.69) is 48.4 Å². The van der Waals surface area contributed by atoms with Crippen LogP contribution >= 0.6 is 23.4 Å². The number of hydrogen-bond donors (Lipinski definition) is 1. The van der Waals surface area contributed by atoms with Crippen LogP contribution in [0, 0.1) is 0 Å². The summed E-state index contributed by atoms with van der Waals surface area (Å²) in [6.07, 6.45) is -0.278. The van der Waals surface area contributed by atoms with Crippen LogP contribution in [0.5, 0.6) is 5.75 Å². The number of thioether (sulfide) groups is 1. The summed E-state index contributed by atoms with van der Waals surface area (Å²) in [6, 6.07) is 15.2. The Labute approximate surface area is 198 Å². The number of ether oxygens (including phenoxy) is 1. The van der Waals surface area contributed by atoms with Crippen LogP contribution in [0.4, 0.5) is 5.69 Å². The van der Waals surface area contributed by atoms with Crippen molar-refractivity contribution in [1.29, 1.82) is 0 Å². The van der Waals surface area contributed by atoms with Crippen LogP contribution in [-0.4, -0.2) is 26.4 Å². The maximum Gasteiger partial charge on any atom is 0.234 e. The van der Waals surface area contributed by atoms with Crippen molar-refractivity contribution >= 4 is 35.0 Å². The smallest absolute Gasteiger partial charge is 0.234 e. The van der Waals surface area contributed by atoms with E-state index in [1.807, 2.05) is 30.5 Å². The van der Waals surface area contributed by atoms with Crippen LogP contribution in [0.3, 0.4) is 0 Å². The number of hydrogen-bond acceptors (Lipinski definition) is 5. The third-order valence-corrected chi connectivity index (χ3v) is 6.14. The van der Waals surface area contributed by atoms with Crippen molar-refractivity contribution in [2.24, 2.45) is 0 Å². The Balaban J connectivity index is 1.62. The van der Waals surface area contributed by atoms with Gasteiger partial charge in [0.1, 0.15) is 5.75 Å². The molecule has 1 heterocycles. The Morgan fingerprint density at radius 1 is 1.12 bits per heavy atom. The molecule has 0 saturated heterocycles. The zero-order valence-corrected chi connectivity index (χ0v) is 20.6. The Kier molecular flexibility index (Phi) is 7.85. The number of benzene rings is 2. The number of anilines is 1. The summed E-state index contributed by atoms with van der Waals surface area (Å²) in [5.41, 5.74) is 2.06. The van der Waals surface area contributed by atoms with Crippen LogP contribution in [0.25, 0.3) is 0 Å². The second-order valence-corrected chi connectivity index (χ2v) is 9.84. The monoisotopic (exact) mass is 472 g/mol. The van der Waals surface area contributed by atoms with Crippen molar-refractivity contribution in [1.82, 2.24) is 14.8 Å². The average Bonchev–Trinajstić information content (AvgIpc) is 3.17. The minimum absolute atomic E-state index is 0.0957. The molecule has 2 aromatic carbocycles. The van der Waals surface area contributed by atoms with Gasteiger partial charge in [-0.2, -0.15) is 0 Å². The highest BCUT2D eigenvalue weighted by atomic mass is 35.5. The van der Waals surface area contributed by atoms with Crippen molar-refractivity contribution in [3.63, 3.8) is 0 Å². The summed E-state index contributed by atoms with van der Waals surface area (Å²) in [6.45, 7) is 11.2. The number of nitrogens with zero attached hydrogens (tertiary/aromatic N) is 3. The molecule has 0 radical (unpaired) electrons. The highest BCUT2D eigenvalue weighted by molar-refractivity contribution is 7.99. The largest absolute Gasteiger partial charge is 0.483 e. The molecule has 0 saturated carbocycles. The molecule has 0 aliphatic carbocycles. The first kappa shape index (κ1) is 24.1. The van der Waals surface area contributed by atoms with E-state index in [1.165, 1.54) is 17.3 Å². The van der Waals surface area contributed by atoms with E-state index in [0.717, 1.165) is 11.6 Å². The van der Waals surface area contributed by atoms with Crippen LogP contribution in [0.1, 0.15) is 52.1 Å². The number of carbonyl (C=O) groups is 1. The maximum absolute atomic E-state index is 12.3. The minimum atomic E-state index is -0.278. The average molecular weight is 473 g/mol. The molecule has 32 heavy (non-hydrogen) atoms. The lowest BCUT2D eigenvalue weighted by molar-refractivity contribution is -0.113. The molecule has 0 aliphatic heterocycles. The van der Waals surface area contributed by atoms with Crippen molar-refractivity contribution in [3.05, 3.63) is 64.9 Å². The number of halogens is 1. The van der Waals surface area contributed by atoms with Crippen LogP contribution in [0.2, 0.25) is 5.02 Å². The van der Waals surface area contributed by atoms with Gasteiger partial charge in [0.25, 0.3) is 0 Å². The maximum atomic E-state index is 12.3. The van der Waals surface area contributed by atoms with Gasteiger partial charge in [-0.15, -0.1) is 10.2 Å². The fourth-order valence-corrected chi connectivity index (χ4v) is 4.09. The number of rotatable bonds is 8. The van der Waals surface area contributed by atoms with Gasteiger partial charge in [0.05, 0.1) is 5.75 Å². The molecule has 1 aromatic heterocycles. The normalized spacial score (nSPS) is 12.4. The quantitative estimate of drug-likeness (QED) is 0.400. The van der Waals surface area contributed by atoms with E-state index < -0.39 is 0 Å². The van der Waals surface area contributed by atoms with Crippen molar-refractivity contribution in [2.75, 3.05) is 11.1 Å². The topological polar surface area (TPSA) is 69.0 Å². The van der Waals surface area contributed by atoms with Crippen LogP contribution in [-0.2, 0) is 16.8 Å². The van der Waals surface area contributed by atoms with Gasteiger partial charge in [0.2, 0.25) is 5.91 Å². The number of nitrogens with one attached hydrogen (secondary N) is 1. The second-order valence-electron chi connectivity index (χ2n) is 8.46. The lowest BCUT2D eigenvalue weighted by Gasteiger charge is -2.20. The molecule has 8 heteroatoms. The van der Waals surface area contributed by atoms with E-state index in [-0.39, 0.29) is 23.2 Å². The van der Waals surface area contributed by atoms with E-state index in [4.69, 9.17) is 16.3 Å². The number of carbonyl (C=O) groups excluding carboxylic acids is 1. The Bertz CT molecular complexity index is 1040. The third-order valence-electron chi connectivity index (χ3n) is 4.92. The van der Waals surface area contributed by atoms with Crippen molar-refractivity contribution < 1.29 is 9.53 Å². The first-order valence-electron chi connectivity index (χ1n) is 10.6. The molecule has 1 atom stereocenters. The van der Waals surface area contributed by atoms with E-state index in [1.54, 1.807) is 24.3 Å². The van der Waals surface area contributed by atoms with Gasteiger partial charge < -0.3 is 14.6 Å². The summed E-state index contributed by atoms with van der Waals surface area (Å²) in [5.74, 6) is 1.62. The highest BCUT2D eigenvalue weighted by Gasteiger charge is 2.20. The molecule has 0 spiro atoms. The van der Waals surface area contributed by atoms with Crippen LogP contribution < -0.4 is 10.1 Å². The van der Waals surface area contributed by atoms with Gasteiger partial charge in [-0.05, 0) is 61.2 Å². The molecule has 0 fully saturated rings. The lowest BCUT2D eigenvalue weighted by atomic mass is 9.87. The zero-order chi connectivity index (χ0) is 23.3. The van der Waals surface area contributed by atoms with Gasteiger partial charge in [0, 0.05) is 17.3 Å². The highest BCUT2D eigenvalue weighted by Crippen LogP contribution is 2.28. The molecule has 170 valence electrons. The molecule has 1 amide bonds. The Hall–Kier alpha value is -2.51. The number of amides is 1. The fraction of sp³-hybridized carbons (Fsp3) is 0.375. The molecule has 3 aromatic rings. The summed E-state index contributed by atoms with van der Waals surface area (Å²) < 4.78 is 8.10. The molecule has 6 nitrogen and oxygen atoms in total. The summed E-state index contributed by atoms with van der Waals surface area (Å²) in [7, 11) is 0. The molecule has 0 aliphatic rings. The Morgan fingerprint density at radius 2 is 1.78 bits per heavy atom. The van der Waals surface area contributed by atoms with E-state index in [9.17, 15) is 4.79 Å². The van der Waals surface area contributed by atoms with Crippen molar-refractivity contribution in [2.45, 2.75) is 57.8 Å². The molecular formula is C24H29ClN4O2S. The van der Waals surface area contributed by atoms with Gasteiger partial charge in [-0.25, -0.2) is 0 Å². The number of aromatic nitrogens is 3. The molecule has 0 bridgehead atoms. The van der Waals surface area contributed by atoms with E-state index >= 15 is 0 Å². The molecular weight excluding hydrogens is 444 g/mol. The molecule has 1 N–H and O–H groups in total. The SMILES string of the molecule is CCn1c(SCC(=O)Nc2ccc(Cl)cc2)nnc1C(C)Oc1ccc(C(C)(C)C)cc1. The first-order valence-corrected chi connectivity index (χ1v) is 11.9. The van der Waals surface area contributed by atoms with Gasteiger partial charge in [-0.3, -0.25) is 4.79 Å². The van der Waals surface area contributed by atoms with Gasteiger partial charge in [0.15, 0.2) is 17.1 Å². The molecule has 3 rings (SSSR count). The van der Waals surface area contributed by atoms with Gasteiger partial charge in [-0.1, -0.05) is 56.3 Å². The Morgan fingerprint density at radius 3 is 2.38 bits per heavy atom. The molecule has 1 unspecified atom stereocenters. The van der Waals surface area contributed by atoms with E-state index in [0.29, 0.717) is 22.4 Å². The zero-order valence-electron chi connectivity index (χ0n) is 19.1. The minimum Gasteiger partial charge on any atom is -0.483 e. The second kappa shape index (κ2) is 10.4. The first-order chi connectivity index (χ1) is 15.2. The fourth-order valence-electron chi connectivity index (χ4n) is 3.16. The predicted molar refractivity (Wildman–Crippen MR) is 131 cm³/mol. The van der Waals surface area contributed by atoms with Crippen LogP contribution in [0.15, 0.2) is 53.7 Å².